The van der Waals surface area contributed by atoms with Gasteiger partial charge in [-0.3, -0.25) is 4.79 Å². The van der Waals surface area contributed by atoms with Crippen LogP contribution < -0.4 is 4.74 Å². The van der Waals surface area contributed by atoms with Crippen LogP contribution in [0.1, 0.15) is 5.69 Å². The largest absolute Gasteiger partial charge is 0.496 e. The van der Waals surface area contributed by atoms with Gasteiger partial charge in [-0.25, -0.2) is 0 Å². The smallest absolute Gasteiger partial charge is 0.228 e. The van der Waals surface area contributed by atoms with Crippen LogP contribution in [0, 0.1) is 0 Å². The lowest BCUT2D eigenvalue weighted by Gasteiger charge is -2.22. The van der Waals surface area contributed by atoms with Gasteiger partial charge in [-0.05, 0) is 18.2 Å². The lowest BCUT2D eigenvalue weighted by molar-refractivity contribution is -0.142. The highest BCUT2D eigenvalue weighted by molar-refractivity contribution is 5.88. The molecule has 0 bridgehead atoms. The van der Waals surface area contributed by atoms with E-state index >= 15 is 0 Å². The summed E-state index contributed by atoms with van der Waals surface area (Å²) in [5.41, 5.74) is 1.80. The molecule has 22 heavy (non-hydrogen) atoms. The van der Waals surface area contributed by atoms with Crippen molar-refractivity contribution in [3.63, 3.8) is 0 Å². The number of nitrogens with one attached hydrogen (secondary N) is 1. The first kappa shape index (κ1) is 16.3. The van der Waals surface area contributed by atoms with Gasteiger partial charge in [0.25, 0.3) is 0 Å². The van der Waals surface area contributed by atoms with Crippen LogP contribution in [-0.4, -0.2) is 57.0 Å². The number of likely N-dealkylation sites (N-methyl/N-ethyl adjacent to an activating group) is 1. The molecule has 0 spiro atoms. The first-order valence-electron chi connectivity index (χ1n) is 7.03. The molecule has 0 aliphatic rings. The summed E-state index contributed by atoms with van der Waals surface area (Å²) in [4.78, 5) is 17.1. The van der Waals surface area contributed by atoms with Gasteiger partial charge in [0.2, 0.25) is 5.91 Å². The summed E-state index contributed by atoms with van der Waals surface area (Å²) in [6.45, 7) is 0.384. The third-order valence-electron chi connectivity index (χ3n) is 3.62. The second-order valence-electron chi connectivity index (χ2n) is 5.07. The zero-order valence-corrected chi connectivity index (χ0v) is 13.4. The number of benzene rings is 1. The molecule has 0 aliphatic heterocycles. The fraction of sp³-hybridized carbons (Fsp3) is 0.438. The molecule has 1 N–H and O–H groups in total. The van der Waals surface area contributed by atoms with Crippen LogP contribution >= 0.6 is 0 Å². The number of fused-ring (bicyclic) bond motifs is 1. The standard InChI is InChI=1S/C16H22N2O4/c1-18(10-16(21-3)22-4)15(19)9-11-8-12-13(17-11)6-5-7-14(12)20-2/h5-8,16-17H,9-10H2,1-4H3. The molecule has 6 heteroatoms. The minimum absolute atomic E-state index is 0.00961. The van der Waals surface area contributed by atoms with Crippen molar-refractivity contribution >= 4 is 16.8 Å². The molecule has 2 aromatic rings. The molecule has 0 unspecified atom stereocenters. The van der Waals surface area contributed by atoms with Gasteiger partial charge in [-0.1, -0.05) is 6.07 Å². The normalized spacial score (nSPS) is 11.1. The number of hydrogen-bond donors (Lipinski definition) is 1. The number of aromatic nitrogens is 1. The van der Waals surface area contributed by atoms with E-state index in [4.69, 9.17) is 14.2 Å². The first-order chi connectivity index (χ1) is 10.6. The summed E-state index contributed by atoms with van der Waals surface area (Å²) in [5.74, 6) is 0.782. The average molecular weight is 306 g/mol. The third kappa shape index (κ3) is 3.58. The van der Waals surface area contributed by atoms with Gasteiger partial charge in [-0.15, -0.1) is 0 Å². The molecule has 1 aromatic heterocycles. The zero-order chi connectivity index (χ0) is 16.1. The van der Waals surface area contributed by atoms with Crippen molar-refractivity contribution in [3.05, 3.63) is 30.0 Å². The van der Waals surface area contributed by atoms with Crippen molar-refractivity contribution in [1.29, 1.82) is 0 Å². The van der Waals surface area contributed by atoms with Gasteiger partial charge in [0.05, 0.1) is 20.1 Å². The fourth-order valence-corrected chi connectivity index (χ4v) is 2.33. The van der Waals surface area contributed by atoms with Crippen molar-refractivity contribution in [3.8, 4) is 5.75 Å². The number of methoxy groups -OCH3 is 3. The Kier molecular flexibility index (Phi) is 5.41. The van der Waals surface area contributed by atoms with Gasteiger partial charge in [-0.2, -0.15) is 0 Å². The first-order valence-corrected chi connectivity index (χ1v) is 7.03. The molecule has 0 atom stereocenters. The molecule has 0 saturated carbocycles. The summed E-state index contributed by atoms with van der Waals surface area (Å²) in [6, 6.07) is 7.72. The van der Waals surface area contributed by atoms with Crippen LogP contribution in [0.4, 0.5) is 0 Å². The van der Waals surface area contributed by atoms with E-state index in [1.165, 1.54) is 0 Å². The third-order valence-corrected chi connectivity index (χ3v) is 3.62. The topological polar surface area (TPSA) is 63.8 Å². The summed E-state index contributed by atoms with van der Waals surface area (Å²) in [7, 11) is 6.47. The second-order valence-corrected chi connectivity index (χ2v) is 5.07. The Morgan fingerprint density at radius 1 is 1.27 bits per heavy atom. The molecular weight excluding hydrogens is 284 g/mol. The maximum absolute atomic E-state index is 12.3. The number of ether oxygens (including phenoxy) is 3. The van der Waals surface area contributed by atoms with Crippen LogP contribution in [0.15, 0.2) is 24.3 Å². The number of amides is 1. The monoisotopic (exact) mass is 306 g/mol. The highest BCUT2D eigenvalue weighted by Gasteiger charge is 2.16. The highest BCUT2D eigenvalue weighted by atomic mass is 16.7. The predicted octanol–water partition coefficient (Wildman–Crippen LogP) is 1.80. The minimum atomic E-state index is -0.420. The minimum Gasteiger partial charge on any atom is -0.496 e. The predicted molar refractivity (Wildman–Crippen MR) is 84.0 cm³/mol. The molecule has 1 heterocycles. The second kappa shape index (κ2) is 7.29. The molecule has 0 saturated heterocycles. The van der Waals surface area contributed by atoms with Crippen molar-refractivity contribution in [2.75, 3.05) is 34.9 Å². The van der Waals surface area contributed by atoms with E-state index in [1.54, 1.807) is 33.3 Å². The lowest BCUT2D eigenvalue weighted by Crippen LogP contribution is -2.36. The summed E-state index contributed by atoms with van der Waals surface area (Å²) < 4.78 is 15.5. The number of aromatic amines is 1. The van der Waals surface area contributed by atoms with Gasteiger partial charge in [0.1, 0.15) is 5.75 Å². The number of carbonyl (C=O) groups excluding carboxylic acids is 1. The van der Waals surface area contributed by atoms with Crippen LogP contribution in [-0.2, 0) is 20.7 Å². The highest BCUT2D eigenvalue weighted by Crippen LogP contribution is 2.26. The van der Waals surface area contributed by atoms with Gasteiger partial charge in [0, 0.05) is 37.9 Å². The van der Waals surface area contributed by atoms with Gasteiger partial charge in [0.15, 0.2) is 6.29 Å². The van der Waals surface area contributed by atoms with E-state index in [0.717, 1.165) is 22.3 Å². The Labute approximate surface area is 130 Å². The van der Waals surface area contributed by atoms with E-state index < -0.39 is 6.29 Å². The number of nitrogens with zero attached hydrogens (tertiary/aromatic N) is 1. The molecule has 2 rings (SSSR count). The molecule has 1 amide bonds. The van der Waals surface area contributed by atoms with Crippen molar-refractivity contribution in [2.45, 2.75) is 12.7 Å². The van der Waals surface area contributed by atoms with Crippen LogP contribution in [0.25, 0.3) is 10.9 Å². The Bertz CT molecular complexity index is 634. The van der Waals surface area contributed by atoms with E-state index in [-0.39, 0.29) is 12.3 Å². The zero-order valence-electron chi connectivity index (χ0n) is 13.4. The molecular formula is C16H22N2O4. The average Bonchev–Trinajstić information content (AvgIpc) is 2.94. The summed E-state index contributed by atoms with van der Waals surface area (Å²) in [6.07, 6.45) is -0.133. The Balaban J connectivity index is 2.08. The Morgan fingerprint density at radius 2 is 2.00 bits per heavy atom. The quantitative estimate of drug-likeness (QED) is 0.792. The van der Waals surface area contributed by atoms with Crippen LogP contribution in [0.3, 0.4) is 0 Å². The van der Waals surface area contributed by atoms with Crippen molar-refractivity contribution in [1.82, 2.24) is 9.88 Å². The maximum Gasteiger partial charge on any atom is 0.228 e. The summed E-state index contributed by atoms with van der Waals surface area (Å²) in [5, 5.41) is 0.974. The molecule has 6 nitrogen and oxygen atoms in total. The number of carbonyl (C=O) groups is 1. The van der Waals surface area contributed by atoms with E-state index in [0.29, 0.717) is 6.54 Å². The number of rotatable bonds is 7. The van der Waals surface area contributed by atoms with Gasteiger partial charge >= 0.3 is 0 Å². The SMILES string of the molecule is COc1cccc2[nH]c(CC(=O)N(C)CC(OC)OC)cc12. The van der Waals surface area contributed by atoms with Crippen LogP contribution in [0.2, 0.25) is 0 Å². The van der Waals surface area contributed by atoms with Crippen molar-refractivity contribution < 1.29 is 19.0 Å². The molecule has 0 aliphatic carbocycles. The van der Waals surface area contributed by atoms with Gasteiger partial charge < -0.3 is 24.1 Å². The van der Waals surface area contributed by atoms with E-state index in [2.05, 4.69) is 4.98 Å². The van der Waals surface area contributed by atoms with Crippen molar-refractivity contribution in [2.24, 2.45) is 0 Å². The lowest BCUT2D eigenvalue weighted by atomic mass is 10.2. The molecule has 0 radical (unpaired) electrons. The van der Waals surface area contributed by atoms with E-state index in [1.807, 2.05) is 24.3 Å². The Hall–Kier alpha value is -2.05. The number of H-pyrrole nitrogens is 1. The summed E-state index contributed by atoms with van der Waals surface area (Å²) >= 11 is 0. The molecule has 120 valence electrons. The fourth-order valence-electron chi connectivity index (χ4n) is 2.33. The molecule has 1 aromatic carbocycles. The Morgan fingerprint density at radius 3 is 2.64 bits per heavy atom. The molecule has 0 fully saturated rings. The van der Waals surface area contributed by atoms with Crippen LogP contribution in [0.5, 0.6) is 5.75 Å². The van der Waals surface area contributed by atoms with E-state index in [9.17, 15) is 4.79 Å². The number of hydrogen-bond acceptors (Lipinski definition) is 4. The maximum atomic E-state index is 12.3.